The van der Waals surface area contributed by atoms with Gasteiger partial charge in [0, 0.05) is 36.5 Å². The quantitative estimate of drug-likeness (QED) is 0.583. The molecule has 0 fully saturated rings. The molecule has 1 aliphatic heterocycles. The third-order valence-corrected chi connectivity index (χ3v) is 6.43. The maximum Gasteiger partial charge on any atom is 0.242 e. The first-order chi connectivity index (χ1) is 14.5. The monoisotopic (exact) mass is 450 g/mol. The highest BCUT2D eigenvalue weighted by molar-refractivity contribution is 7.10. The van der Waals surface area contributed by atoms with E-state index in [0.717, 1.165) is 12.0 Å². The number of thiophene rings is 1. The number of halogens is 1. The minimum Gasteiger partial charge on any atom is -0.491 e. The number of methoxy groups -OCH3 is 1. The molecule has 0 bridgehead atoms. The normalized spacial score (nSPS) is 15.6. The van der Waals surface area contributed by atoms with Crippen LogP contribution in [0.5, 0.6) is 5.75 Å². The standard InChI is InChI=1S/C22H27ClN2O4S/c1-3-21(26)24(11-12-28-2)14-22(27)25-10-8-20-18(9-13-30-20)19(25)15-29-17-6-4-16(23)5-7-17/h4-7,9,13,19H,3,8,10-12,14-15H2,1-2H3. The second kappa shape index (κ2) is 10.8. The van der Waals surface area contributed by atoms with Gasteiger partial charge in [-0.3, -0.25) is 9.59 Å². The van der Waals surface area contributed by atoms with Crippen molar-refractivity contribution in [1.82, 2.24) is 9.80 Å². The Labute approximate surface area is 186 Å². The largest absolute Gasteiger partial charge is 0.491 e. The zero-order valence-corrected chi connectivity index (χ0v) is 18.9. The van der Waals surface area contributed by atoms with Gasteiger partial charge >= 0.3 is 0 Å². The fraction of sp³-hybridized carbons (Fsp3) is 0.455. The molecule has 0 saturated heterocycles. The van der Waals surface area contributed by atoms with Gasteiger partial charge in [-0.15, -0.1) is 11.3 Å². The minimum atomic E-state index is -0.191. The van der Waals surface area contributed by atoms with Gasteiger partial charge in [-0.05, 0) is 47.7 Å². The topological polar surface area (TPSA) is 59.1 Å². The Morgan fingerprint density at radius 2 is 2.03 bits per heavy atom. The van der Waals surface area contributed by atoms with Crippen molar-refractivity contribution >= 4 is 34.8 Å². The van der Waals surface area contributed by atoms with E-state index in [9.17, 15) is 9.59 Å². The number of fused-ring (bicyclic) bond motifs is 1. The molecule has 0 saturated carbocycles. The summed E-state index contributed by atoms with van der Waals surface area (Å²) >= 11 is 7.66. The Kier molecular flexibility index (Phi) is 8.13. The molecule has 0 radical (unpaired) electrons. The molecule has 0 N–H and O–H groups in total. The second-order valence-corrected chi connectivity index (χ2v) is 8.52. The molecule has 2 amide bonds. The van der Waals surface area contributed by atoms with Gasteiger partial charge in [-0.2, -0.15) is 0 Å². The van der Waals surface area contributed by atoms with E-state index in [1.165, 1.54) is 4.88 Å². The van der Waals surface area contributed by atoms with E-state index in [1.54, 1.807) is 42.4 Å². The van der Waals surface area contributed by atoms with E-state index in [4.69, 9.17) is 21.1 Å². The molecule has 8 heteroatoms. The van der Waals surface area contributed by atoms with Crippen LogP contribution in [0.2, 0.25) is 5.02 Å². The summed E-state index contributed by atoms with van der Waals surface area (Å²) in [6, 6.07) is 9.07. The molecular formula is C22H27ClN2O4S. The molecular weight excluding hydrogens is 424 g/mol. The van der Waals surface area contributed by atoms with Crippen LogP contribution in [-0.2, 0) is 20.7 Å². The van der Waals surface area contributed by atoms with Gasteiger partial charge in [0.05, 0.1) is 19.2 Å². The Morgan fingerprint density at radius 3 is 2.73 bits per heavy atom. The van der Waals surface area contributed by atoms with Crippen LogP contribution in [0.3, 0.4) is 0 Å². The fourth-order valence-corrected chi connectivity index (χ4v) is 4.61. The molecule has 0 spiro atoms. The van der Waals surface area contributed by atoms with Crippen LogP contribution in [0, 0.1) is 0 Å². The predicted octanol–water partition coefficient (Wildman–Crippen LogP) is 3.79. The highest BCUT2D eigenvalue weighted by Gasteiger charge is 2.33. The van der Waals surface area contributed by atoms with Gasteiger partial charge in [0.25, 0.3) is 0 Å². The second-order valence-electron chi connectivity index (χ2n) is 7.08. The first kappa shape index (κ1) is 22.6. The predicted molar refractivity (Wildman–Crippen MR) is 118 cm³/mol. The minimum absolute atomic E-state index is 0.0486. The summed E-state index contributed by atoms with van der Waals surface area (Å²) in [5.74, 6) is 0.578. The van der Waals surface area contributed by atoms with Crippen molar-refractivity contribution in [2.24, 2.45) is 0 Å². The molecule has 6 nitrogen and oxygen atoms in total. The summed E-state index contributed by atoms with van der Waals surface area (Å²) in [7, 11) is 1.59. The maximum absolute atomic E-state index is 13.2. The summed E-state index contributed by atoms with van der Waals surface area (Å²) in [5, 5.41) is 2.70. The smallest absolute Gasteiger partial charge is 0.242 e. The lowest BCUT2D eigenvalue weighted by Gasteiger charge is -2.37. The van der Waals surface area contributed by atoms with Gasteiger partial charge < -0.3 is 19.3 Å². The fourth-order valence-electron chi connectivity index (χ4n) is 3.55. The molecule has 1 unspecified atom stereocenters. The average molecular weight is 451 g/mol. The number of amides is 2. The number of nitrogens with zero attached hydrogens (tertiary/aromatic N) is 2. The van der Waals surface area contributed by atoms with Crippen LogP contribution < -0.4 is 4.74 Å². The first-order valence-corrected chi connectivity index (χ1v) is 11.3. The van der Waals surface area contributed by atoms with E-state index < -0.39 is 0 Å². The van der Waals surface area contributed by atoms with E-state index in [2.05, 4.69) is 11.4 Å². The Morgan fingerprint density at radius 1 is 1.27 bits per heavy atom. The van der Waals surface area contributed by atoms with Gasteiger partial charge in [-0.1, -0.05) is 18.5 Å². The van der Waals surface area contributed by atoms with Crippen LogP contribution >= 0.6 is 22.9 Å². The SMILES string of the molecule is CCC(=O)N(CCOC)CC(=O)N1CCc2sccc2C1COc1ccc(Cl)cc1. The molecule has 1 aromatic heterocycles. The van der Waals surface area contributed by atoms with Crippen molar-refractivity contribution in [2.45, 2.75) is 25.8 Å². The molecule has 2 heterocycles. The highest BCUT2D eigenvalue weighted by Crippen LogP contribution is 2.34. The number of carbonyl (C=O) groups is 2. The van der Waals surface area contributed by atoms with Crippen molar-refractivity contribution < 1.29 is 19.1 Å². The lowest BCUT2D eigenvalue weighted by atomic mass is 10.0. The van der Waals surface area contributed by atoms with Crippen LogP contribution in [-0.4, -0.2) is 61.6 Å². The highest BCUT2D eigenvalue weighted by atomic mass is 35.5. The summed E-state index contributed by atoms with van der Waals surface area (Å²) in [5.41, 5.74) is 1.12. The van der Waals surface area contributed by atoms with Crippen LogP contribution in [0.15, 0.2) is 35.7 Å². The number of carbonyl (C=O) groups excluding carboxylic acids is 2. The van der Waals surface area contributed by atoms with Gasteiger partial charge in [0.2, 0.25) is 11.8 Å². The number of hydrogen-bond acceptors (Lipinski definition) is 5. The number of benzene rings is 1. The number of rotatable bonds is 9. The number of hydrogen-bond donors (Lipinski definition) is 0. The zero-order valence-electron chi connectivity index (χ0n) is 17.3. The Balaban J connectivity index is 1.74. The lowest BCUT2D eigenvalue weighted by molar-refractivity contribution is -0.143. The van der Waals surface area contributed by atoms with E-state index in [-0.39, 0.29) is 24.4 Å². The molecule has 2 aromatic rings. The molecule has 0 aliphatic carbocycles. The van der Waals surface area contributed by atoms with Gasteiger partial charge in [-0.25, -0.2) is 0 Å². The van der Waals surface area contributed by atoms with Gasteiger partial charge in [0.15, 0.2) is 0 Å². The molecule has 1 aromatic carbocycles. The first-order valence-electron chi connectivity index (χ1n) is 10.0. The number of ether oxygens (including phenoxy) is 2. The molecule has 1 atom stereocenters. The van der Waals surface area contributed by atoms with E-state index in [0.29, 0.717) is 43.5 Å². The zero-order chi connectivity index (χ0) is 21.5. The third-order valence-electron chi connectivity index (χ3n) is 5.18. The molecule has 3 rings (SSSR count). The van der Waals surface area contributed by atoms with Crippen molar-refractivity contribution in [3.63, 3.8) is 0 Å². The summed E-state index contributed by atoms with van der Waals surface area (Å²) in [4.78, 5) is 30.2. The van der Waals surface area contributed by atoms with Crippen LogP contribution in [0.1, 0.15) is 29.8 Å². The summed E-state index contributed by atoms with van der Waals surface area (Å²) in [6.45, 7) is 3.60. The van der Waals surface area contributed by atoms with Crippen molar-refractivity contribution in [3.05, 3.63) is 51.2 Å². The van der Waals surface area contributed by atoms with Crippen LogP contribution in [0.4, 0.5) is 0 Å². The van der Waals surface area contributed by atoms with Crippen LogP contribution in [0.25, 0.3) is 0 Å². The van der Waals surface area contributed by atoms with Crippen molar-refractivity contribution in [1.29, 1.82) is 0 Å². The average Bonchev–Trinajstić information content (AvgIpc) is 3.24. The third kappa shape index (κ3) is 5.53. The lowest BCUT2D eigenvalue weighted by Crippen LogP contribution is -2.48. The molecule has 1 aliphatic rings. The Bertz CT molecular complexity index is 855. The molecule has 30 heavy (non-hydrogen) atoms. The van der Waals surface area contributed by atoms with Crippen molar-refractivity contribution in [2.75, 3.05) is 40.0 Å². The summed E-state index contributed by atoms with van der Waals surface area (Å²) in [6.07, 6.45) is 1.17. The molecule has 162 valence electrons. The maximum atomic E-state index is 13.2. The summed E-state index contributed by atoms with van der Waals surface area (Å²) < 4.78 is 11.1. The Hall–Kier alpha value is -2.09. The van der Waals surface area contributed by atoms with Crippen molar-refractivity contribution in [3.8, 4) is 5.75 Å². The van der Waals surface area contributed by atoms with E-state index >= 15 is 0 Å². The van der Waals surface area contributed by atoms with E-state index in [1.807, 2.05) is 17.0 Å². The van der Waals surface area contributed by atoms with Gasteiger partial charge in [0.1, 0.15) is 12.4 Å².